The summed E-state index contributed by atoms with van der Waals surface area (Å²) in [6.07, 6.45) is 0. The zero-order chi connectivity index (χ0) is 14.4. The fraction of sp³-hybridized carbons (Fsp3) is 0.429. The predicted octanol–water partition coefficient (Wildman–Crippen LogP) is 0.800. The lowest BCUT2D eigenvalue weighted by Crippen LogP contribution is -2.46. The highest BCUT2D eigenvalue weighted by atomic mass is 35.5. The quantitative estimate of drug-likeness (QED) is 0.856. The van der Waals surface area contributed by atoms with Gasteiger partial charge in [0.2, 0.25) is 11.8 Å². The van der Waals surface area contributed by atoms with E-state index >= 15 is 0 Å². The Morgan fingerprint density at radius 3 is 2.71 bits per heavy atom. The van der Waals surface area contributed by atoms with Gasteiger partial charge < -0.3 is 16.0 Å². The van der Waals surface area contributed by atoms with Crippen molar-refractivity contribution in [2.24, 2.45) is 5.73 Å². The molecule has 116 valence electrons. The number of hydrogen-bond acceptors (Lipinski definition) is 4. The van der Waals surface area contributed by atoms with Gasteiger partial charge in [0, 0.05) is 18.1 Å². The van der Waals surface area contributed by atoms with Crippen molar-refractivity contribution < 1.29 is 9.59 Å². The van der Waals surface area contributed by atoms with E-state index in [1.807, 2.05) is 47.0 Å². The normalized spacial score (nSPS) is 17.8. The third-order valence-corrected chi connectivity index (χ3v) is 4.28. The Balaban J connectivity index is 0.00000220. The maximum absolute atomic E-state index is 12.3. The number of halogens is 1. The van der Waals surface area contributed by atoms with Gasteiger partial charge in [-0.3, -0.25) is 9.59 Å². The van der Waals surface area contributed by atoms with Crippen molar-refractivity contribution in [3.8, 4) is 0 Å². The van der Waals surface area contributed by atoms with Crippen LogP contribution in [0, 0.1) is 0 Å². The molecule has 21 heavy (non-hydrogen) atoms. The van der Waals surface area contributed by atoms with Crippen molar-refractivity contribution >= 4 is 36.0 Å². The zero-order valence-electron chi connectivity index (χ0n) is 11.7. The van der Waals surface area contributed by atoms with E-state index in [-0.39, 0.29) is 43.4 Å². The molecule has 0 saturated carbocycles. The molecule has 0 aromatic heterocycles. The predicted molar refractivity (Wildman–Crippen MR) is 87.5 cm³/mol. The molecule has 1 aliphatic rings. The maximum atomic E-state index is 12.3. The number of nitrogens with two attached hydrogens (primary N) is 1. The fourth-order valence-electron chi connectivity index (χ4n) is 2.20. The number of carbonyl (C=O) groups excluding carboxylic acids is 2. The van der Waals surface area contributed by atoms with E-state index in [2.05, 4.69) is 5.32 Å². The molecule has 0 bridgehead atoms. The van der Waals surface area contributed by atoms with Gasteiger partial charge in [-0.05, 0) is 5.56 Å². The van der Waals surface area contributed by atoms with E-state index in [0.717, 1.165) is 17.1 Å². The Hall–Kier alpha value is -1.24. The van der Waals surface area contributed by atoms with Crippen molar-refractivity contribution in [2.75, 3.05) is 31.1 Å². The lowest BCUT2D eigenvalue weighted by Gasteiger charge is -2.35. The van der Waals surface area contributed by atoms with Crippen LogP contribution < -0.4 is 11.1 Å². The van der Waals surface area contributed by atoms with Crippen LogP contribution in [0.3, 0.4) is 0 Å². The standard InChI is InChI=1S/C14H19N3O2S.ClH/c15-8-13(18)16-9-14(19)17-6-7-20-10-12(17)11-4-2-1-3-5-11;/h1-5,12H,6-10,15H2,(H,16,18);1H. The molecule has 2 rings (SSSR count). The van der Waals surface area contributed by atoms with E-state index in [4.69, 9.17) is 5.73 Å². The number of nitrogens with one attached hydrogen (secondary N) is 1. The molecule has 1 aromatic carbocycles. The second-order valence-electron chi connectivity index (χ2n) is 4.57. The highest BCUT2D eigenvalue weighted by Gasteiger charge is 2.28. The molecule has 3 N–H and O–H groups in total. The first-order valence-corrected chi connectivity index (χ1v) is 7.76. The second kappa shape index (κ2) is 8.92. The number of hydrogen-bond donors (Lipinski definition) is 2. The lowest BCUT2D eigenvalue weighted by molar-refractivity contribution is -0.134. The third-order valence-electron chi connectivity index (χ3n) is 3.26. The molecule has 0 aliphatic carbocycles. The van der Waals surface area contributed by atoms with Gasteiger partial charge in [-0.15, -0.1) is 12.4 Å². The van der Waals surface area contributed by atoms with Gasteiger partial charge in [-0.2, -0.15) is 11.8 Å². The summed E-state index contributed by atoms with van der Waals surface area (Å²) in [5.74, 6) is 1.46. The van der Waals surface area contributed by atoms with Crippen molar-refractivity contribution in [1.29, 1.82) is 0 Å². The van der Waals surface area contributed by atoms with Crippen LogP contribution in [0.1, 0.15) is 11.6 Å². The molecule has 1 heterocycles. The monoisotopic (exact) mass is 329 g/mol. The first kappa shape index (κ1) is 17.8. The van der Waals surface area contributed by atoms with Crippen LogP contribution in [0.2, 0.25) is 0 Å². The summed E-state index contributed by atoms with van der Waals surface area (Å²) in [6.45, 7) is 0.636. The molecule has 1 atom stereocenters. The molecular formula is C14H20ClN3O2S. The lowest BCUT2D eigenvalue weighted by atomic mass is 10.1. The minimum Gasteiger partial charge on any atom is -0.346 e. The van der Waals surface area contributed by atoms with Crippen molar-refractivity contribution in [3.05, 3.63) is 35.9 Å². The summed E-state index contributed by atoms with van der Waals surface area (Å²) in [5.41, 5.74) is 6.35. The van der Waals surface area contributed by atoms with Gasteiger partial charge in [0.25, 0.3) is 0 Å². The van der Waals surface area contributed by atoms with Crippen LogP contribution in [0.15, 0.2) is 30.3 Å². The third kappa shape index (κ3) is 4.91. The highest BCUT2D eigenvalue weighted by molar-refractivity contribution is 7.99. The van der Waals surface area contributed by atoms with Crippen molar-refractivity contribution in [3.63, 3.8) is 0 Å². The average Bonchev–Trinajstić information content (AvgIpc) is 2.53. The number of nitrogens with zero attached hydrogens (tertiary/aromatic N) is 1. The van der Waals surface area contributed by atoms with E-state index in [9.17, 15) is 9.59 Å². The van der Waals surface area contributed by atoms with Crippen molar-refractivity contribution in [2.45, 2.75) is 6.04 Å². The summed E-state index contributed by atoms with van der Waals surface area (Å²) in [5, 5.41) is 2.54. The Morgan fingerprint density at radius 1 is 1.33 bits per heavy atom. The molecule has 2 amide bonds. The first-order valence-electron chi connectivity index (χ1n) is 6.61. The van der Waals surface area contributed by atoms with Gasteiger partial charge in [-0.1, -0.05) is 30.3 Å². The molecule has 7 heteroatoms. The molecule has 1 aliphatic heterocycles. The Bertz CT molecular complexity index is 473. The summed E-state index contributed by atoms with van der Waals surface area (Å²) in [4.78, 5) is 25.3. The van der Waals surface area contributed by atoms with Gasteiger partial charge in [0.1, 0.15) is 0 Å². The first-order chi connectivity index (χ1) is 9.72. The molecular weight excluding hydrogens is 310 g/mol. The van der Waals surface area contributed by atoms with Crippen LogP contribution in [0.4, 0.5) is 0 Å². The zero-order valence-corrected chi connectivity index (χ0v) is 13.3. The summed E-state index contributed by atoms with van der Waals surface area (Å²) >= 11 is 1.85. The molecule has 1 saturated heterocycles. The van der Waals surface area contributed by atoms with Crippen LogP contribution in [-0.4, -0.2) is 47.9 Å². The minimum atomic E-state index is -0.305. The summed E-state index contributed by atoms with van der Waals surface area (Å²) < 4.78 is 0. The minimum absolute atomic E-state index is 0. The second-order valence-corrected chi connectivity index (χ2v) is 5.72. The topological polar surface area (TPSA) is 75.4 Å². The van der Waals surface area contributed by atoms with E-state index in [0.29, 0.717) is 6.54 Å². The van der Waals surface area contributed by atoms with Crippen molar-refractivity contribution in [1.82, 2.24) is 10.2 Å². The molecule has 1 fully saturated rings. The smallest absolute Gasteiger partial charge is 0.242 e. The number of benzene rings is 1. The Labute approximate surface area is 135 Å². The molecule has 1 unspecified atom stereocenters. The molecule has 0 radical (unpaired) electrons. The van der Waals surface area contributed by atoms with E-state index in [1.54, 1.807) is 0 Å². The largest absolute Gasteiger partial charge is 0.346 e. The average molecular weight is 330 g/mol. The number of amides is 2. The van der Waals surface area contributed by atoms with Gasteiger partial charge >= 0.3 is 0 Å². The molecule has 5 nitrogen and oxygen atoms in total. The van der Waals surface area contributed by atoms with Gasteiger partial charge in [0.15, 0.2) is 0 Å². The highest BCUT2D eigenvalue weighted by Crippen LogP contribution is 2.29. The van der Waals surface area contributed by atoms with Gasteiger partial charge in [0.05, 0.1) is 19.1 Å². The Morgan fingerprint density at radius 2 is 2.05 bits per heavy atom. The van der Waals surface area contributed by atoms with Crippen LogP contribution >= 0.6 is 24.2 Å². The number of thioether (sulfide) groups is 1. The Kier molecular flexibility index (Phi) is 7.56. The number of rotatable bonds is 4. The van der Waals surface area contributed by atoms with E-state index < -0.39 is 0 Å². The fourth-order valence-corrected chi connectivity index (χ4v) is 3.29. The summed E-state index contributed by atoms with van der Waals surface area (Å²) in [6, 6.07) is 10.1. The van der Waals surface area contributed by atoms with Crippen LogP contribution in [0.25, 0.3) is 0 Å². The van der Waals surface area contributed by atoms with Crippen LogP contribution in [-0.2, 0) is 9.59 Å². The summed E-state index contributed by atoms with van der Waals surface area (Å²) in [7, 11) is 0. The maximum Gasteiger partial charge on any atom is 0.242 e. The number of carbonyl (C=O) groups is 2. The molecule has 0 spiro atoms. The van der Waals surface area contributed by atoms with Gasteiger partial charge in [-0.25, -0.2) is 0 Å². The SMILES string of the molecule is Cl.NCC(=O)NCC(=O)N1CCSCC1c1ccccc1. The molecule has 1 aromatic rings. The van der Waals surface area contributed by atoms with Crippen LogP contribution in [0.5, 0.6) is 0 Å². The van der Waals surface area contributed by atoms with E-state index in [1.165, 1.54) is 0 Å².